The number of aliphatic hydroxyl groups is 2. The third-order valence-corrected chi connectivity index (χ3v) is 7.12. The van der Waals surface area contributed by atoms with Crippen molar-refractivity contribution in [2.24, 2.45) is 0 Å². The Balaban J connectivity index is 1.69. The quantitative estimate of drug-likeness (QED) is 0.312. The lowest BCUT2D eigenvalue weighted by Gasteiger charge is -2.19. The lowest BCUT2D eigenvalue weighted by Crippen LogP contribution is -2.33. The van der Waals surface area contributed by atoms with E-state index in [1.807, 2.05) is 0 Å². The van der Waals surface area contributed by atoms with E-state index in [4.69, 9.17) is 9.47 Å². The smallest absolute Gasteiger partial charge is 0.387 e. The monoisotopic (exact) mass is 484 g/mol. The van der Waals surface area contributed by atoms with E-state index in [1.54, 1.807) is 0 Å². The van der Waals surface area contributed by atoms with Crippen molar-refractivity contribution in [1.82, 2.24) is 19.1 Å². The maximum atomic E-state index is 12.6. The predicted octanol–water partition coefficient (Wildman–Crippen LogP) is -1.55. The van der Waals surface area contributed by atoms with E-state index in [0.717, 1.165) is 10.9 Å². The SMILES string of the molecule is O=c1c2ncn3c2ncn1COCCOP(=O)(O)OP(=O)(O)OC[C@H]1O[C@H]3[C@H](O)[C@@H]1O. The molecule has 5 rings (SSSR count). The van der Waals surface area contributed by atoms with Gasteiger partial charge in [-0.1, -0.05) is 0 Å². The molecule has 0 radical (unpaired) electrons. The number of imidazole rings is 1. The zero-order valence-electron chi connectivity index (χ0n) is 15.5. The van der Waals surface area contributed by atoms with Gasteiger partial charge >= 0.3 is 15.6 Å². The molecule has 6 atom stereocenters. The summed E-state index contributed by atoms with van der Waals surface area (Å²) in [5.41, 5.74) is -0.585. The van der Waals surface area contributed by atoms with Crippen LogP contribution < -0.4 is 5.56 Å². The zero-order chi connectivity index (χ0) is 22.4. The fraction of sp³-hybridized carbons (Fsp3) is 0.615. The molecule has 1 saturated heterocycles. The number of nitrogens with zero attached hydrogens (tertiary/aromatic N) is 4. The van der Waals surface area contributed by atoms with Crippen LogP contribution in [0.25, 0.3) is 11.2 Å². The van der Waals surface area contributed by atoms with Gasteiger partial charge in [0, 0.05) is 0 Å². The van der Waals surface area contributed by atoms with Crippen molar-refractivity contribution >= 4 is 26.8 Å². The summed E-state index contributed by atoms with van der Waals surface area (Å²) in [5.74, 6) is 0. The molecular formula is C13H18N4O12P2. The second-order valence-corrected chi connectivity index (χ2v) is 9.62. The fourth-order valence-electron chi connectivity index (χ4n) is 3.04. The second-order valence-electron chi connectivity index (χ2n) is 6.57. The van der Waals surface area contributed by atoms with Crippen LogP contribution in [0.3, 0.4) is 0 Å². The standard InChI is InChI=1S/C13H18N4O12P2/c18-9-7-3-27-31(23,24)29-30(21,22)26-2-1-25-6-16-4-15-11-8(12(16)20)14-5-17(11)13(28-7)10(9)19/h4-5,7,9-10,13,18-19H,1-3,6H2,(H,21,22)(H,23,24)/t7-,9-,10-,13+/m1/s1. The molecule has 0 spiro atoms. The Bertz CT molecular complexity index is 1120. The number of phosphoric ester groups is 2. The van der Waals surface area contributed by atoms with Crippen molar-refractivity contribution in [2.75, 3.05) is 19.8 Å². The lowest BCUT2D eigenvalue weighted by molar-refractivity contribution is -0.0505. The molecule has 6 bridgehead atoms. The van der Waals surface area contributed by atoms with Gasteiger partial charge in [0.1, 0.15) is 31.4 Å². The average molecular weight is 484 g/mol. The van der Waals surface area contributed by atoms with Gasteiger partial charge in [-0.25, -0.2) is 19.1 Å². The molecule has 2 aromatic rings. The summed E-state index contributed by atoms with van der Waals surface area (Å²) in [7, 11) is -10.1. The van der Waals surface area contributed by atoms with Gasteiger partial charge in [0.05, 0.1) is 26.1 Å². The maximum Gasteiger partial charge on any atom is 0.481 e. The van der Waals surface area contributed by atoms with E-state index in [1.165, 1.54) is 10.9 Å². The van der Waals surface area contributed by atoms with E-state index in [0.29, 0.717) is 0 Å². The van der Waals surface area contributed by atoms with Gasteiger partial charge in [-0.2, -0.15) is 4.31 Å². The average Bonchev–Trinajstić information content (AvgIpc) is 3.22. The molecule has 1 fully saturated rings. The zero-order valence-corrected chi connectivity index (χ0v) is 17.3. The largest absolute Gasteiger partial charge is 0.481 e. The van der Waals surface area contributed by atoms with Gasteiger partial charge in [0.25, 0.3) is 5.56 Å². The van der Waals surface area contributed by atoms with Crippen LogP contribution in [0.2, 0.25) is 0 Å². The molecule has 0 saturated carbocycles. The third-order valence-electron chi connectivity index (χ3n) is 4.48. The van der Waals surface area contributed by atoms with Gasteiger partial charge < -0.3 is 29.5 Å². The van der Waals surface area contributed by atoms with Crippen LogP contribution in [0.15, 0.2) is 17.4 Å². The van der Waals surface area contributed by atoms with Crippen LogP contribution in [-0.2, 0) is 38.7 Å². The predicted molar refractivity (Wildman–Crippen MR) is 96.3 cm³/mol. The number of ether oxygens (including phenoxy) is 2. The van der Waals surface area contributed by atoms with Crippen LogP contribution in [0.5, 0.6) is 0 Å². The van der Waals surface area contributed by atoms with Crippen molar-refractivity contribution in [3.63, 3.8) is 0 Å². The Morgan fingerprint density at radius 3 is 2.55 bits per heavy atom. The highest BCUT2D eigenvalue weighted by molar-refractivity contribution is 7.61. The van der Waals surface area contributed by atoms with Crippen LogP contribution in [0.1, 0.15) is 6.23 Å². The van der Waals surface area contributed by atoms with Crippen LogP contribution in [-0.4, -0.2) is 77.2 Å². The number of aliphatic hydroxyl groups excluding tert-OH is 2. The molecule has 2 aromatic heterocycles. The molecule has 0 aromatic carbocycles. The minimum absolute atomic E-state index is 0.0564. The maximum absolute atomic E-state index is 12.6. The molecule has 0 amide bonds. The van der Waals surface area contributed by atoms with E-state index >= 15 is 0 Å². The summed E-state index contributed by atoms with van der Waals surface area (Å²) in [6.45, 7) is -1.90. The number of aromatic nitrogens is 4. The van der Waals surface area contributed by atoms with Crippen LogP contribution in [0, 0.1) is 0 Å². The van der Waals surface area contributed by atoms with Crippen LogP contribution in [0.4, 0.5) is 0 Å². The van der Waals surface area contributed by atoms with Crippen molar-refractivity contribution in [1.29, 1.82) is 0 Å². The number of hydrogen-bond acceptors (Lipinski definition) is 12. The molecule has 2 unspecified atom stereocenters. The molecule has 4 N–H and O–H groups in total. The second kappa shape index (κ2) is 8.42. The first-order valence-electron chi connectivity index (χ1n) is 8.75. The first-order chi connectivity index (χ1) is 14.6. The topological polar surface area (TPSA) is 214 Å². The van der Waals surface area contributed by atoms with Crippen LogP contribution >= 0.6 is 15.6 Å². The Hall–Kier alpha value is -1.55. The van der Waals surface area contributed by atoms with Gasteiger partial charge in [-0.15, -0.1) is 0 Å². The van der Waals surface area contributed by atoms with E-state index < -0.39 is 59.0 Å². The molecule has 3 aliphatic rings. The Kier molecular flexibility index (Phi) is 6.15. The molecule has 16 nitrogen and oxygen atoms in total. The number of hydrogen-bond donors (Lipinski definition) is 4. The summed E-state index contributed by atoms with van der Waals surface area (Å²) >= 11 is 0. The lowest BCUT2D eigenvalue weighted by atomic mass is 10.1. The highest BCUT2D eigenvalue weighted by Gasteiger charge is 2.46. The normalized spacial score (nSPS) is 37.8. The molecule has 18 heteroatoms. The van der Waals surface area contributed by atoms with Crippen molar-refractivity contribution in [2.45, 2.75) is 31.3 Å². The number of phosphoric acid groups is 2. The van der Waals surface area contributed by atoms with E-state index in [-0.39, 0.29) is 24.5 Å². The van der Waals surface area contributed by atoms with Gasteiger partial charge in [0.2, 0.25) is 0 Å². The fourth-order valence-corrected chi connectivity index (χ4v) is 5.10. The molecule has 3 aliphatic heterocycles. The number of rotatable bonds is 0. The van der Waals surface area contributed by atoms with E-state index in [9.17, 15) is 33.9 Å². The molecule has 5 heterocycles. The minimum atomic E-state index is -5.11. The summed E-state index contributed by atoms with van der Waals surface area (Å²) in [6, 6.07) is 0. The Morgan fingerprint density at radius 1 is 1.03 bits per heavy atom. The van der Waals surface area contributed by atoms with Crippen molar-refractivity contribution in [3.05, 3.63) is 23.0 Å². The van der Waals surface area contributed by atoms with Gasteiger partial charge in [-0.3, -0.25) is 23.0 Å². The Labute approximate surface area is 172 Å². The first kappa shape index (κ1) is 22.6. The summed E-state index contributed by atoms with van der Waals surface area (Å²) in [5, 5.41) is 20.6. The summed E-state index contributed by atoms with van der Waals surface area (Å²) < 4.78 is 50.0. The van der Waals surface area contributed by atoms with Crippen molar-refractivity contribution in [3.8, 4) is 0 Å². The van der Waals surface area contributed by atoms with Crippen molar-refractivity contribution < 1.29 is 52.0 Å². The van der Waals surface area contributed by atoms with E-state index in [2.05, 4.69) is 23.3 Å². The van der Waals surface area contributed by atoms with Gasteiger partial charge in [-0.05, 0) is 0 Å². The molecular weight excluding hydrogens is 466 g/mol. The summed E-state index contributed by atoms with van der Waals surface area (Å²) in [4.78, 5) is 39.9. The Morgan fingerprint density at radius 2 is 1.77 bits per heavy atom. The molecule has 0 aliphatic carbocycles. The summed E-state index contributed by atoms with van der Waals surface area (Å²) in [6.07, 6.45) is -3.40. The number of fused-ring (bicyclic) bond motifs is 10. The molecule has 172 valence electrons. The highest BCUT2D eigenvalue weighted by atomic mass is 31.3. The van der Waals surface area contributed by atoms with Gasteiger partial charge in [0.15, 0.2) is 17.4 Å². The third kappa shape index (κ3) is 4.65. The first-order valence-corrected chi connectivity index (χ1v) is 11.7. The molecule has 31 heavy (non-hydrogen) atoms. The highest BCUT2D eigenvalue weighted by Crippen LogP contribution is 2.60. The minimum Gasteiger partial charge on any atom is -0.387 e.